The summed E-state index contributed by atoms with van der Waals surface area (Å²) >= 11 is 3.16. The van der Waals surface area contributed by atoms with Crippen LogP contribution >= 0.6 is 15.9 Å². The van der Waals surface area contributed by atoms with Crippen molar-refractivity contribution in [1.29, 1.82) is 0 Å². The molecule has 0 spiro atoms. The standard InChI is InChI=1S/C14H10BrN3O3/c1-7-4-12-17-14(20)9(13(16)18(12)21-7)5-8-2-3-11(19)10(15)6-8/h2-6H,16H2,1H3. The zero-order valence-corrected chi connectivity index (χ0v) is 12.5. The number of fused-ring (bicyclic) bond motifs is 1. The summed E-state index contributed by atoms with van der Waals surface area (Å²) in [5.41, 5.74) is 6.77. The fraction of sp³-hybridized carbons (Fsp3) is 0.0714. The Labute approximate surface area is 127 Å². The zero-order chi connectivity index (χ0) is 15.1. The molecule has 3 rings (SSSR count). The quantitative estimate of drug-likeness (QED) is 0.851. The molecule has 2 N–H and O–H groups in total. The first kappa shape index (κ1) is 13.6. The maximum absolute atomic E-state index is 12.1. The Hall–Kier alpha value is -2.41. The highest BCUT2D eigenvalue weighted by molar-refractivity contribution is 9.12. The van der Waals surface area contributed by atoms with E-state index in [-0.39, 0.29) is 17.2 Å². The van der Waals surface area contributed by atoms with Crippen molar-refractivity contribution in [2.45, 2.75) is 6.92 Å². The van der Waals surface area contributed by atoms with Gasteiger partial charge < -0.3 is 10.3 Å². The number of halogens is 1. The van der Waals surface area contributed by atoms with Crippen molar-refractivity contribution in [3.8, 4) is 0 Å². The Bertz CT molecular complexity index is 915. The summed E-state index contributed by atoms with van der Waals surface area (Å²) in [5.74, 6) is 0.636. The number of carbonyl (C=O) groups excluding carboxylic acids is 1. The number of carbonyl (C=O) groups is 1. The van der Waals surface area contributed by atoms with Crippen molar-refractivity contribution in [2.75, 3.05) is 5.73 Å². The molecule has 7 heteroatoms. The number of aryl methyl sites for hydroxylation is 1. The van der Waals surface area contributed by atoms with Gasteiger partial charge in [0.05, 0.1) is 10.0 Å². The maximum Gasteiger partial charge on any atom is 0.282 e. The highest BCUT2D eigenvalue weighted by Gasteiger charge is 2.14. The van der Waals surface area contributed by atoms with Crippen LogP contribution in [0.4, 0.5) is 5.82 Å². The molecule has 0 saturated carbocycles. The number of nitrogen functional groups attached to an aromatic ring is 1. The highest BCUT2D eigenvalue weighted by atomic mass is 79.9. The minimum absolute atomic E-state index is 0.132. The van der Waals surface area contributed by atoms with Crippen LogP contribution in [0.2, 0.25) is 0 Å². The minimum Gasteiger partial charge on any atom is -0.382 e. The van der Waals surface area contributed by atoms with Crippen LogP contribution in [0, 0.1) is 6.92 Å². The molecule has 0 saturated heterocycles. The van der Waals surface area contributed by atoms with Gasteiger partial charge in [-0.25, -0.2) is 0 Å². The van der Waals surface area contributed by atoms with E-state index in [1.54, 1.807) is 31.2 Å². The molecule has 0 amide bonds. The van der Waals surface area contributed by atoms with Crippen molar-refractivity contribution in [3.63, 3.8) is 0 Å². The molecule has 2 aromatic heterocycles. The van der Waals surface area contributed by atoms with Gasteiger partial charge in [-0.15, -0.1) is 4.57 Å². The molecule has 21 heavy (non-hydrogen) atoms. The molecule has 0 aliphatic heterocycles. The van der Waals surface area contributed by atoms with Crippen molar-refractivity contribution in [2.24, 2.45) is 0 Å². The van der Waals surface area contributed by atoms with Gasteiger partial charge in [0.2, 0.25) is 0 Å². The SMILES string of the molecule is Cc1cc2nc(=O)c(C=C3C=CC(=O)C(Br)=C3)c(N)n2o1. The van der Waals surface area contributed by atoms with Gasteiger partial charge in [0.25, 0.3) is 5.56 Å². The third-order valence-electron chi connectivity index (χ3n) is 2.98. The van der Waals surface area contributed by atoms with E-state index in [0.29, 0.717) is 21.5 Å². The van der Waals surface area contributed by atoms with Crippen molar-refractivity contribution in [3.05, 3.63) is 56.0 Å². The molecule has 0 atom stereocenters. The molecule has 1 aliphatic carbocycles. The fourth-order valence-corrected chi connectivity index (χ4v) is 2.40. The summed E-state index contributed by atoms with van der Waals surface area (Å²) in [6, 6.07) is 1.63. The number of anilines is 1. The lowest BCUT2D eigenvalue weighted by Gasteiger charge is -2.05. The number of aromatic nitrogens is 2. The number of nitrogens with zero attached hydrogens (tertiary/aromatic N) is 2. The van der Waals surface area contributed by atoms with Crippen LogP contribution in [-0.2, 0) is 4.79 Å². The van der Waals surface area contributed by atoms with Crippen LogP contribution in [0.25, 0.3) is 11.7 Å². The number of nitrogens with two attached hydrogens (primary N) is 1. The molecular weight excluding hydrogens is 338 g/mol. The van der Waals surface area contributed by atoms with E-state index in [1.807, 2.05) is 0 Å². The molecule has 0 unspecified atom stereocenters. The summed E-state index contributed by atoms with van der Waals surface area (Å²) in [4.78, 5) is 27.3. The van der Waals surface area contributed by atoms with Crippen LogP contribution in [0.15, 0.2) is 43.7 Å². The Morgan fingerprint density at radius 2 is 2.14 bits per heavy atom. The topological polar surface area (TPSA) is 90.6 Å². The average molecular weight is 348 g/mol. The normalized spacial score (nSPS) is 16.8. The number of hydrogen-bond donors (Lipinski definition) is 1. The molecule has 2 aromatic rings. The lowest BCUT2D eigenvalue weighted by atomic mass is 10.1. The second-order valence-corrected chi connectivity index (χ2v) is 5.40. The largest absolute Gasteiger partial charge is 0.382 e. The van der Waals surface area contributed by atoms with Crippen LogP contribution in [0.5, 0.6) is 0 Å². The molecule has 106 valence electrons. The van der Waals surface area contributed by atoms with E-state index in [4.69, 9.17) is 10.3 Å². The number of hydrogen-bond acceptors (Lipinski definition) is 5. The average Bonchev–Trinajstić information content (AvgIpc) is 2.79. The van der Waals surface area contributed by atoms with Crippen molar-refractivity contribution >= 4 is 39.3 Å². The summed E-state index contributed by atoms with van der Waals surface area (Å²) in [6.45, 7) is 1.74. The summed E-state index contributed by atoms with van der Waals surface area (Å²) in [6.07, 6.45) is 6.20. The Kier molecular flexibility index (Phi) is 3.13. The zero-order valence-electron chi connectivity index (χ0n) is 11.0. The van der Waals surface area contributed by atoms with E-state index in [1.165, 1.54) is 10.6 Å². The van der Waals surface area contributed by atoms with Gasteiger partial charge in [-0.3, -0.25) is 9.59 Å². The molecule has 0 fully saturated rings. The molecule has 0 aromatic carbocycles. The predicted octanol–water partition coefficient (Wildman–Crippen LogP) is 1.98. The van der Waals surface area contributed by atoms with Gasteiger partial charge in [0, 0.05) is 6.07 Å². The molecule has 0 bridgehead atoms. The van der Waals surface area contributed by atoms with Crippen LogP contribution < -0.4 is 11.3 Å². The molecule has 6 nitrogen and oxygen atoms in total. The first-order chi connectivity index (χ1) is 9.95. The van der Waals surface area contributed by atoms with E-state index in [9.17, 15) is 9.59 Å². The van der Waals surface area contributed by atoms with Crippen molar-refractivity contribution < 1.29 is 9.32 Å². The first-order valence-corrected chi connectivity index (χ1v) is 6.85. The molecular formula is C14H10BrN3O3. The summed E-state index contributed by atoms with van der Waals surface area (Å²) < 4.78 is 7.11. The number of allylic oxidation sites excluding steroid dienone is 5. The lowest BCUT2D eigenvalue weighted by Crippen LogP contribution is -2.16. The Morgan fingerprint density at radius 1 is 1.38 bits per heavy atom. The van der Waals surface area contributed by atoms with Crippen LogP contribution in [0.3, 0.4) is 0 Å². The lowest BCUT2D eigenvalue weighted by molar-refractivity contribution is -0.110. The van der Waals surface area contributed by atoms with Crippen LogP contribution in [-0.4, -0.2) is 15.3 Å². The van der Waals surface area contributed by atoms with Gasteiger partial charge in [-0.1, -0.05) is 6.08 Å². The van der Waals surface area contributed by atoms with Gasteiger partial charge in [0.15, 0.2) is 17.2 Å². The molecule has 0 radical (unpaired) electrons. The molecule has 1 aliphatic rings. The summed E-state index contributed by atoms with van der Waals surface area (Å²) in [5, 5.41) is 0. The van der Waals surface area contributed by atoms with Gasteiger partial charge >= 0.3 is 0 Å². The Morgan fingerprint density at radius 3 is 2.86 bits per heavy atom. The summed E-state index contributed by atoms with van der Waals surface area (Å²) in [7, 11) is 0. The monoisotopic (exact) mass is 347 g/mol. The predicted molar refractivity (Wildman–Crippen MR) is 82.0 cm³/mol. The third-order valence-corrected chi connectivity index (χ3v) is 3.60. The number of rotatable bonds is 1. The minimum atomic E-state index is -0.448. The van der Waals surface area contributed by atoms with E-state index < -0.39 is 5.56 Å². The smallest absolute Gasteiger partial charge is 0.282 e. The van der Waals surface area contributed by atoms with E-state index >= 15 is 0 Å². The van der Waals surface area contributed by atoms with Crippen molar-refractivity contribution in [1.82, 2.24) is 9.56 Å². The number of ketones is 1. The van der Waals surface area contributed by atoms with Gasteiger partial charge in [-0.2, -0.15) is 4.98 Å². The second kappa shape index (κ2) is 4.85. The van der Waals surface area contributed by atoms with E-state index in [2.05, 4.69) is 20.9 Å². The maximum atomic E-state index is 12.1. The van der Waals surface area contributed by atoms with Crippen LogP contribution in [0.1, 0.15) is 11.3 Å². The highest BCUT2D eigenvalue weighted by Crippen LogP contribution is 2.21. The second-order valence-electron chi connectivity index (χ2n) is 4.55. The van der Waals surface area contributed by atoms with Gasteiger partial charge in [-0.05, 0) is 46.7 Å². The molecule has 2 heterocycles. The Balaban J connectivity index is 2.20. The van der Waals surface area contributed by atoms with E-state index in [0.717, 1.165) is 0 Å². The third kappa shape index (κ3) is 2.36. The van der Waals surface area contributed by atoms with Gasteiger partial charge in [0.1, 0.15) is 5.76 Å². The first-order valence-electron chi connectivity index (χ1n) is 6.06. The fourth-order valence-electron chi connectivity index (χ4n) is 2.00.